The van der Waals surface area contributed by atoms with Crippen molar-refractivity contribution in [2.24, 2.45) is 11.8 Å². The summed E-state index contributed by atoms with van der Waals surface area (Å²) in [6.45, 7) is 4.38. The number of H-pyrrole nitrogens is 1. The number of hydrogen-bond acceptors (Lipinski definition) is 3. The topological polar surface area (TPSA) is 58.5 Å². The number of halogens is 1. The number of pyridine rings is 2. The van der Waals surface area contributed by atoms with E-state index in [0.29, 0.717) is 17.7 Å². The minimum Gasteiger partial charge on any atom is -0.366 e. The van der Waals surface area contributed by atoms with Gasteiger partial charge in [-0.15, -0.1) is 0 Å². The number of hydrogen-bond donors (Lipinski definition) is 2. The van der Waals surface area contributed by atoms with Gasteiger partial charge < -0.3 is 14.9 Å². The first-order valence-corrected chi connectivity index (χ1v) is 11.5. The molecule has 0 saturated heterocycles. The van der Waals surface area contributed by atoms with E-state index in [1.165, 1.54) is 44.4 Å². The minimum atomic E-state index is -0.337. The standard InChI is InChI=1S/C25H28FN5/c1-14(2)31-8-7-18-23(31)11-22(20-13-28-24-19(20)10-17(26)12-27-24)30-25(18)29-21-9-15-3-5-16(21)6-4-15/h7-8,10-16,21H,3-6,9H2,1-2H3,(H,27,28)(H,29,30). The molecule has 4 aromatic rings. The molecule has 0 amide bonds. The van der Waals surface area contributed by atoms with Gasteiger partial charge in [-0.25, -0.2) is 14.4 Å². The summed E-state index contributed by atoms with van der Waals surface area (Å²) in [5, 5.41) is 5.76. The largest absolute Gasteiger partial charge is 0.366 e. The van der Waals surface area contributed by atoms with E-state index in [1.54, 1.807) is 0 Å². The number of rotatable bonds is 4. The highest BCUT2D eigenvalue weighted by atomic mass is 19.1. The lowest BCUT2D eigenvalue weighted by Crippen LogP contribution is -2.40. The van der Waals surface area contributed by atoms with Crippen molar-refractivity contribution in [3.8, 4) is 11.3 Å². The van der Waals surface area contributed by atoms with Crippen molar-refractivity contribution in [2.45, 2.75) is 58.0 Å². The molecule has 4 aromatic heterocycles. The molecule has 160 valence electrons. The number of nitrogens with zero attached hydrogens (tertiary/aromatic N) is 3. The molecule has 3 aliphatic carbocycles. The summed E-state index contributed by atoms with van der Waals surface area (Å²) in [7, 11) is 0. The molecular formula is C25H28FN5. The SMILES string of the molecule is CC(C)n1ccc2c(NC3CC4CCC3CC4)nc(-c3c[nH]c4ncc(F)cc34)cc21. The number of anilines is 1. The Balaban J connectivity index is 1.50. The maximum atomic E-state index is 13.9. The van der Waals surface area contributed by atoms with Crippen LogP contribution in [0.4, 0.5) is 10.2 Å². The summed E-state index contributed by atoms with van der Waals surface area (Å²) < 4.78 is 16.2. The predicted octanol–water partition coefficient (Wildman–Crippen LogP) is 6.29. The Morgan fingerprint density at radius 1 is 1.16 bits per heavy atom. The van der Waals surface area contributed by atoms with Gasteiger partial charge in [0.15, 0.2) is 0 Å². The summed E-state index contributed by atoms with van der Waals surface area (Å²) in [4.78, 5) is 12.4. The van der Waals surface area contributed by atoms with E-state index in [4.69, 9.17) is 4.98 Å². The maximum Gasteiger partial charge on any atom is 0.142 e. The Kier molecular flexibility index (Phi) is 4.30. The fraction of sp³-hybridized carbons (Fsp3) is 0.440. The number of aromatic nitrogens is 4. The zero-order chi connectivity index (χ0) is 21.1. The maximum absolute atomic E-state index is 13.9. The molecular weight excluding hydrogens is 389 g/mol. The van der Waals surface area contributed by atoms with Crippen molar-refractivity contribution in [1.29, 1.82) is 0 Å². The van der Waals surface area contributed by atoms with E-state index in [2.05, 4.69) is 52.0 Å². The molecule has 0 radical (unpaired) electrons. The second-order valence-corrected chi connectivity index (χ2v) is 9.63. The number of fused-ring (bicyclic) bond motifs is 5. The summed E-state index contributed by atoms with van der Waals surface area (Å²) >= 11 is 0. The minimum absolute atomic E-state index is 0.337. The van der Waals surface area contributed by atoms with E-state index in [-0.39, 0.29) is 5.82 Å². The van der Waals surface area contributed by atoms with Crippen LogP contribution in [0.2, 0.25) is 0 Å². The molecule has 5 nitrogen and oxygen atoms in total. The van der Waals surface area contributed by atoms with Gasteiger partial charge >= 0.3 is 0 Å². The zero-order valence-corrected chi connectivity index (χ0v) is 18.0. The molecule has 6 heteroatoms. The average molecular weight is 418 g/mol. The van der Waals surface area contributed by atoms with Gasteiger partial charge in [0.05, 0.1) is 17.4 Å². The highest BCUT2D eigenvalue weighted by molar-refractivity contribution is 5.98. The molecule has 0 aromatic carbocycles. The molecule has 2 N–H and O–H groups in total. The van der Waals surface area contributed by atoms with Crippen LogP contribution in [0.1, 0.15) is 52.0 Å². The monoisotopic (exact) mass is 417 g/mol. The van der Waals surface area contributed by atoms with Gasteiger partial charge in [0, 0.05) is 40.8 Å². The molecule has 0 spiro atoms. The van der Waals surface area contributed by atoms with Crippen LogP contribution in [0.5, 0.6) is 0 Å². The van der Waals surface area contributed by atoms with Crippen molar-refractivity contribution in [3.05, 3.63) is 42.6 Å². The Hall–Kier alpha value is -2.89. The molecule has 3 fully saturated rings. The third-order valence-electron chi connectivity index (χ3n) is 7.42. The zero-order valence-electron chi connectivity index (χ0n) is 18.0. The molecule has 31 heavy (non-hydrogen) atoms. The van der Waals surface area contributed by atoms with Crippen LogP contribution in [0, 0.1) is 17.7 Å². The highest BCUT2D eigenvalue weighted by Gasteiger charge is 2.36. The van der Waals surface area contributed by atoms with Crippen LogP contribution in [0.15, 0.2) is 36.8 Å². The fourth-order valence-electron chi connectivity index (χ4n) is 5.77. The fourth-order valence-corrected chi connectivity index (χ4v) is 5.77. The second kappa shape index (κ2) is 7.08. The van der Waals surface area contributed by atoms with E-state index >= 15 is 0 Å². The molecule has 3 saturated carbocycles. The Labute approximate surface area is 181 Å². The molecule has 4 heterocycles. The lowest BCUT2D eigenvalue weighted by atomic mass is 9.68. The molecule has 1 atom stereocenters. The molecule has 3 aliphatic rings. The van der Waals surface area contributed by atoms with Gasteiger partial charge in [-0.05, 0) is 63.1 Å². The predicted molar refractivity (Wildman–Crippen MR) is 123 cm³/mol. The molecule has 7 rings (SSSR count). The molecule has 0 aliphatic heterocycles. The normalized spacial score (nSPS) is 23.3. The summed E-state index contributed by atoms with van der Waals surface area (Å²) in [5.41, 5.74) is 3.56. The number of nitrogens with one attached hydrogen (secondary N) is 2. The van der Waals surface area contributed by atoms with Gasteiger partial charge in [0.2, 0.25) is 0 Å². The van der Waals surface area contributed by atoms with Crippen molar-refractivity contribution >= 4 is 27.8 Å². The highest BCUT2D eigenvalue weighted by Crippen LogP contribution is 2.43. The van der Waals surface area contributed by atoms with Crippen LogP contribution in [-0.2, 0) is 0 Å². The van der Waals surface area contributed by atoms with E-state index in [9.17, 15) is 4.39 Å². The second-order valence-electron chi connectivity index (χ2n) is 9.63. The van der Waals surface area contributed by atoms with Gasteiger partial charge in [-0.1, -0.05) is 12.8 Å². The first kappa shape index (κ1) is 18.8. The van der Waals surface area contributed by atoms with Crippen molar-refractivity contribution in [3.63, 3.8) is 0 Å². The summed E-state index contributed by atoms with van der Waals surface area (Å²) in [6, 6.07) is 6.66. The quantitative estimate of drug-likeness (QED) is 0.410. The summed E-state index contributed by atoms with van der Waals surface area (Å²) in [5.74, 6) is 2.20. The van der Waals surface area contributed by atoms with Crippen molar-refractivity contribution < 1.29 is 4.39 Å². The van der Waals surface area contributed by atoms with Gasteiger partial charge in [0.25, 0.3) is 0 Å². The van der Waals surface area contributed by atoms with E-state index in [0.717, 1.165) is 45.2 Å². The lowest BCUT2D eigenvalue weighted by molar-refractivity contribution is 0.157. The Morgan fingerprint density at radius 3 is 2.74 bits per heavy atom. The summed E-state index contributed by atoms with van der Waals surface area (Å²) in [6.07, 6.45) is 11.9. The van der Waals surface area contributed by atoms with Crippen LogP contribution in [0.25, 0.3) is 33.2 Å². The van der Waals surface area contributed by atoms with Gasteiger partial charge in [-0.2, -0.15) is 0 Å². The number of aromatic amines is 1. The van der Waals surface area contributed by atoms with E-state index in [1.807, 2.05) is 6.20 Å². The Morgan fingerprint density at radius 2 is 2.00 bits per heavy atom. The van der Waals surface area contributed by atoms with E-state index < -0.39 is 0 Å². The van der Waals surface area contributed by atoms with Crippen LogP contribution < -0.4 is 5.32 Å². The van der Waals surface area contributed by atoms with Crippen LogP contribution in [-0.4, -0.2) is 25.6 Å². The third-order valence-corrected chi connectivity index (χ3v) is 7.42. The van der Waals surface area contributed by atoms with Gasteiger partial charge in [0.1, 0.15) is 17.3 Å². The molecule has 2 bridgehead atoms. The average Bonchev–Trinajstić information content (AvgIpc) is 3.38. The lowest BCUT2D eigenvalue weighted by Gasteiger charge is -2.43. The Bertz CT molecular complexity index is 1260. The van der Waals surface area contributed by atoms with Crippen LogP contribution >= 0.6 is 0 Å². The van der Waals surface area contributed by atoms with Gasteiger partial charge in [-0.3, -0.25) is 0 Å². The third kappa shape index (κ3) is 3.11. The smallest absolute Gasteiger partial charge is 0.142 e. The van der Waals surface area contributed by atoms with Crippen molar-refractivity contribution in [1.82, 2.24) is 19.5 Å². The molecule has 1 unspecified atom stereocenters. The first-order chi connectivity index (χ1) is 15.1. The first-order valence-electron chi connectivity index (χ1n) is 11.5. The van der Waals surface area contributed by atoms with Crippen LogP contribution in [0.3, 0.4) is 0 Å². The van der Waals surface area contributed by atoms with Crippen molar-refractivity contribution in [2.75, 3.05) is 5.32 Å².